The zero-order valence-electron chi connectivity index (χ0n) is 24.6. The van der Waals surface area contributed by atoms with Crippen LogP contribution in [0.15, 0.2) is 83.9 Å². The van der Waals surface area contributed by atoms with Gasteiger partial charge in [0.1, 0.15) is 23.0 Å². The summed E-state index contributed by atoms with van der Waals surface area (Å²) in [5.41, 5.74) is 4.42. The van der Waals surface area contributed by atoms with E-state index in [1.165, 1.54) is 0 Å². The molecule has 6 nitrogen and oxygen atoms in total. The first kappa shape index (κ1) is 27.0. The summed E-state index contributed by atoms with van der Waals surface area (Å²) in [6.07, 6.45) is 1.29. The number of hydrogen-bond acceptors (Lipinski definition) is 5. The summed E-state index contributed by atoms with van der Waals surface area (Å²) in [5.74, 6) is 2.78. The number of benzene rings is 3. The molecule has 41 heavy (non-hydrogen) atoms. The maximum Gasteiger partial charge on any atom is 0.159 e. The van der Waals surface area contributed by atoms with Crippen LogP contribution in [0.3, 0.4) is 0 Å². The van der Waals surface area contributed by atoms with Gasteiger partial charge in [0, 0.05) is 29.0 Å². The molecule has 1 saturated carbocycles. The van der Waals surface area contributed by atoms with Gasteiger partial charge >= 0.3 is 0 Å². The van der Waals surface area contributed by atoms with Gasteiger partial charge in [-0.15, -0.1) is 0 Å². The smallest absolute Gasteiger partial charge is 0.159 e. The molecule has 1 aliphatic heterocycles. The summed E-state index contributed by atoms with van der Waals surface area (Å²) >= 11 is 0. The molecule has 4 aromatic rings. The normalized spacial score (nSPS) is 19.7. The molecule has 0 radical (unpaired) electrons. The highest BCUT2D eigenvalue weighted by Crippen LogP contribution is 2.52. The number of para-hydroxylation sites is 1. The predicted octanol–water partition coefficient (Wildman–Crippen LogP) is 8.19. The SMILES string of the molecule is COc1ccc(-n2nc(C(C)(C)C)c3c2N=C2CC(C)(C)CC(=O)C2C3c2cccc(Oc3ccccc3)c2)cc1. The molecular formula is C35H37N3O3. The first-order valence-electron chi connectivity index (χ1n) is 14.2. The number of carbonyl (C=O) groups excluding carboxylic acids is 1. The molecule has 0 amide bonds. The Balaban J connectivity index is 1.57. The Kier molecular flexibility index (Phi) is 6.60. The number of nitrogens with zero attached hydrogens (tertiary/aromatic N) is 3. The highest BCUT2D eigenvalue weighted by molar-refractivity contribution is 6.11. The van der Waals surface area contributed by atoms with Crippen molar-refractivity contribution >= 4 is 17.3 Å². The van der Waals surface area contributed by atoms with Crippen molar-refractivity contribution in [1.29, 1.82) is 0 Å². The molecule has 0 saturated heterocycles. The Bertz CT molecular complexity index is 1630. The molecule has 6 rings (SSSR count). The molecule has 2 heterocycles. The fourth-order valence-electron chi connectivity index (χ4n) is 6.25. The Morgan fingerprint density at radius 1 is 0.854 bits per heavy atom. The number of ether oxygens (including phenoxy) is 2. The molecule has 1 aliphatic carbocycles. The van der Waals surface area contributed by atoms with E-state index < -0.39 is 0 Å². The number of methoxy groups -OCH3 is 1. The van der Waals surface area contributed by atoms with Gasteiger partial charge in [-0.2, -0.15) is 5.10 Å². The van der Waals surface area contributed by atoms with E-state index >= 15 is 0 Å². The van der Waals surface area contributed by atoms with Gasteiger partial charge in [-0.25, -0.2) is 9.67 Å². The minimum absolute atomic E-state index is 0.148. The second kappa shape index (κ2) is 10.0. The standard InChI is InChI=1S/C35H37N3O3/c1-34(2,3)32-31-29(22-11-10-14-26(19-22)41-25-12-8-7-9-13-25)30-27(20-35(4,5)21-28(30)39)36-33(31)38(37-32)23-15-17-24(40-6)18-16-23/h7-19,29-30H,20-21H2,1-6H3. The summed E-state index contributed by atoms with van der Waals surface area (Å²) < 4.78 is 13.6. The fraction of sp³-hybridized carbons (Fsp3) is 0.343. The average molecular weight is 548 g/mol. The van der Waals surface area contributed by atoms with E-state index in [4.69, 9.17) is 19.6 Å². The number of fused-ring (bicyclic) bond motifs is 2. The first-order valence-corrected chi connectivity index (χ1v) is 14.2. The van der Waals surface area contributed by atoms with Crippen LogP contribution in [0, 0.1) is 11.3 Å². The molecule has 2 atom stereocenters. The Hall–Kier alpha value is -4.19. The largest absolute Gasteiger partial charge is 0.497 e. The summed E-state index contributed by atoms with van der Waals surface area (Å²) in [4.78, 5) is 19.2. The van der Waals surface area contributed by atoms with Crippen LogP contribution in [0.2, 0.25) is 0 Å². The Morgan fingerprint density at radius 3 is 2.24 bits per heavy atom. The van der Waals surface area contributed by atoms with Crippen LogP contribution in [0.1, 0.15) is 70.2 Å². The quantitative estimate of drug-likeness (QED) is 0.253. The summed E-state index contributed by atoms with van der Waals surface area (Å²) in [6, 6.07) is 25.8. The van der Waals surface area contributed by atoms with E-state index in [1.54, 1.807) is 7.11 Å². The van der Waals surface area contributed by atoms with Crippen LogP contribution in [0.5, 0.6) is 17.2 Å². The van der Waals surface area contributed by atoms with Crippen molar-refractivity contribution in [2.24, 2.45) is 16.3 Å². The van der Waals surface area contributed by atoms with E-state index in [0.29, 0.717) is 6.42 Å². The summed E-state index contributed by atoms with van der Waals surface area (Å²) in [6.45, 7) is 10.8. The van der Waals surface area contributed by atoms with E-state index in [0.717, 1.165) is 57.7 Å². The van der Waals surface area contributed by atoms with Crippen molar-refractivity contribution in [1.82, 2.24) is 9.78 Å². The van der Waals surface area contributed by atoms with Crippen LogP contribution >= 0.6 is 0 Å². The number of rotatable bonds is 5. The second-order valence-electron chi connectivity index (χ2n) is 13.0. The van der Waals surface area contributed by atoms with E-state index in [1.807, 2.05) is 71.4 Å². The lowest BCUT2D eigenvalue weighted by molar-refractivity contribution is -0.124. The van der Waals surface area contributed by atoms with Gasteiger partial charge in [-0.05, 0) is 65.9 Å². The predicted molar refractivity (Wildman–Crippen MR) is 162 cm³/mol. The van der Waals surface area contributed by atoms with Crippen molar-refractivity contribution in [3.63, 3.8) is 0 Å². The van der Waals surface area contributed by atoms with Gasteiger partial charge in [0.15, 0.2) is 5.82 Å². The van der Waals surface area contributed by atoms with Gasteiger partial charge < -0.3 is 9.47 Å². The lowest BCUT2D eigenvalue weighted by Crippen LogP contribution is -2.42. The molecule has 0 N–H and O–H groups in total. The van der Waals surface area contributed by atoms with Crippen LogP contribution in [-0.2, 0) is 10.2 Å². The molecular weight excluding hydrogens is 510 g/mol. The lowest BCUT2D eigenvalue weighted by Gasteiger charge is -2.41. The van der Waals surface area contributed by atoms with Crippen molar-refractivity contribution in [2.75, 3.05) is 7.11 Å². The maximum atomic E-state index is 14.0. The van der Waals surface area contributed by atoms with Crippen LogP contribution in [-0.4, -0.2) is 28.4 Å². The van der Waals surface area contributed by atoms with Gasteiger partial charge in [0.25, 0.3) is 0 Å². The van der Waals surface area contributed by atoms with Crippen molar-refractivity contribution in [3.8, 4) is 22.9 Å². The lowest BCUT2D eigenvalue weighted by atomic mass is 9.63. The molecule has 1 fully saturated rings. The molecule has 1 aromatic heterocycles. The highest BCUT2D eigenvalue weighted by Gasteiger charge is 2.48. The maximum absolute atomic E-state index is 14.0. The minimum atomic E-state index is -0.336. The number of aliphatic imine (C=N–C) groups is 1. The monoisotopic (exact) mass is 547 g/mol. The second-order valence-corrected chi connectivity index (χ2v) is 13.0. The summed E-state index contributed by atoms with van der Waals surface area (Å²) in [7, 11) is 1.66. The molecule has 3 aromatic carbocycles. The molecule has 6 heteroatoms. The number of hydrogen-bond donors (Lipinski definition) is 0. The molecule has 0 bridgehead atoms. The van der Waals surface area contributed by atoms with Gasteiger partial charge in [0.05, 0.1) is 24.4 Å². The number of aromatic nitrogens is 2. The number of ketones is 1. The average Bonchev–Trinajstić information content (AvgIpc) is 3.32. The van der Waals surface area contributed by atoms with Crippen LogP contribution in [0.4, 0.5) is 5.82 Å². The number of carbonyl (C=O) groups is 1. The van der Waals surface area contributed by atoms with Crippen molar-refractivity contribution in [2.45, 2.75) is 58.8 Å². The fourth-order valence-corrected chi connectivity index (χ4v) is 6.25. The zero-order chi connectivity index (χ0) is 28.9. The third kappa shape index (κ3) is 5.08. The van der Waals surface area contributed by atoms with Gasteiger partial charge in [-0.3, -0.25) is 4.79 Å². The molecule has 0 spiro atoms. The first-order chi connectivity index (χ1) is 19.5. The van der Waals surface area contributed by atoms with E-state index in [2.05, 4.69) is 46.8 Å². The number of Topliss-reactive ketones (excluding diaryl/α,β-unsaturated/α-hetero) is 1. The van der Waals surface area contributed by atoms with Gasteiger partial charge in [0.2, 0.25) is 0 Å². The highest BCUT2D eigenvalue weighted by atomic mass is 16.5. The van der Waals surface area contributed by atoms with Crippen molar-refractivity contribution < 1.29 is 14.3 Å². The molecule has 210 valence electrons. The van der Waals surface area contributed by atoms with E-state index in [-0.39, 0.29) is 28.4 Å². The van der Waals surface area contributed by atoms with Gasteiger partial charge in [-0.1, -0.05) is 65.0 Å². The Morgan fingerprint density at radius 2 is 1.56 bits per heavy atom. The van der Waals surface area contributed by atoms with E-state index in [9.17, 15) is 4.79 Å². The minimum Gasteiger partial charge on any atom is -0.497 e. The van der Waals surface area contributed by atoms with Crippen molar-refractivity contribution in [3.05, 3.63) is 95.7 Å². The topological polar surface area (TPSA) is 65.7 Å². The third-order valence-electron chi connectivity index (χ3n) is 8.03. The molecule has 2 unspecified atom stereocenters. The molecule has 2 aliphatic rings. The summed E-state index contributed by atoms with van der Waals surface area (Å²) in [5, 5.41) is 5.20. The third-order valence-corrected chi connectivity index (χ3v) is 8.03. The van der Waals surface area contributed by atoms with Crippen LogP contribution < -0.4 is 9.47 Å². The zero-order valence-corrected chi connectivity index (χ0v) is 24.6. The van der Waals surface area contributed by atoms with Crippen LogP contribution in [0.25, 0.3) is 5.69 Å². The Labute approximate surface area is 242 Å².